The van der Waals surface area contributed by atoms with Crippen LogP contribution < -0.4 is 0 Å². The molecule has 0 radical (unpaired) electrons. The molecule has 1 aromatic rings. The fraction of sp³-hybridized carbons (Fsp3) is 0.455. The van der Waals surface area contributed by atoms with Gasteiger partial charge in [0.05, 0.1) is 11.1 Å². The highest BCUT2D eigenvalue weighted by atomic mass is 79.9. The second kappa shape index (κ2) is 4.62. The van der Waals surface area contributed by atoms with Gasteiger partial charge in [0.1, 0.15) is 0 Å². The average molecular weight is 312 g/mol. The molecule has 0 heterocycles. The Hall–Kier alpha value is 0.240. The van der Waals surface area contributed by atoms with E-state index in [1.807, 2.05) is 20.8 Å². The molecule has 1 nitrogen and oxygen atoms in total. The van der Waals surface area contributed by atoms with Crippen LogP contribution in [-0.2, 0) is 0 Å². The van der Waals surface area contributed by atoms with Crippen LogP contribution in [0, 0.1) is 5.41 Å². The number of aliphatic hydroxyl groups is 1. The van der Waals surface area contributed by atoms with Crippen molar-refractivity contribution < 1.29 is 5.11 Å². The highest BCUT2D eigenvalue weighted by molar-refractivity contribution is 9.10. The van der Waals surface area contributed by atoms with Crippen LogP contribution in [0.15, 0.2) is 16.6 Å². The van der Waals surface area contributed by atoms with Gasteiger partial charge in [0.2, 0.25) is 0 Å². The minimum atomic E-state index is -0.685. The normalized spacial score (nSPS) is 14.1. The summed E-state index contributed by atoms with van der Waals surface area (Å²) in [5.74, 6) is 0. The number of hydrogen-bond acceptors (Lipinski definition) is 1. The van der Waals surface area contributed by atoms with Gasteiger partial charge in [0, 0.05) is 15.1 Å². The minimum absolute atomic E-state index is 0.298. The van der Waals surface area contributed by atoms with Crippen molar-refractivity contribution in [3.63, 3.8) is 0 Å². The van der Waals surface area contributed by atoms with Gasteiger partial charge in [-0.15, -0.1) is 0 Å². The number of halogens is 3. The Bertz CT molecular complexity index is 372. The van der Waals surface area contributed by atoms with Crippen molar-refractivity contribution in [1.29, 1.82) is 0 Å². The second-order valence-corrected chi connectivity index (χ2v) is 6.16. The summed E-state index contributed by atoms with van der Waals surface area (Å²) in [4.78, 5) is 0. The molecule has 0 aliphatic rings. The van der Waals surface area contributed by atoms with Crippen molar-refractivity contribution in [3.05, 3.63) is 32.2 Å². The van der Waals surface area contributed by atoms with E-state index in [1.165, 1.54) is 0 Å². The predicted octanol–water partition coefficient (Wildman–Crippen LogP) is 4.84. The third kappa shape index (κ3) is 2.88. The molecule has 0 aliphatic carbocycles. The van der Waals surface area contributed by atoms with Gasteiger partial charge in [0.15, 0.2) is 0 Å². The number of rotatable bonds is 1. The van der Waals surface area contributed by atoms with Gasteiger partial charge in [-0.05, 0) is 33.5 Å². The lowest BCUT2D eigenvalue weighted by Crippen LogP contribution is -2.18. The SMILES string of the molecule is CC(C)(C)C(O)c1c(Cl)ccc(Br)c1Cl. The van der Waals surface area contributed by atoms with E-state index in [0.717, 1.165) is 4.47 Å². The molecule has 0 bridgehead atoms. The average Bonchev–Trinajstić information content (AvgIpc) is 2.10. The molecule has 84 valence electrons. The van der Waals surface area contributed by atoms with Crippen LogP contribution in [-0.4, -0.2) is 5.11 Å². The molecule has 4 heteroatoms. The van der Waals surface area contributed by atoms with Crippen LogP contribution in [0.4, 0.5) is 0 Å². The van der Waals surface area contributed by atoms with Gasteiger partial charge >= 0.3 is 0 Å². The van der Waals surface area contributed by atoms with Gasteiger partial charge in [-0.2, -0.15) is 0 Å². The lowest BCUT2D eigenvalue weighted by Gasteiger charge is -2.27. The Labute approximate surface area is 109 Å². The summed E-state index contributed by atoms with van der Waals surface area (Å²) in [5, 5.41) is 11.1. The highest BCUT2D eigenvalue weighted by Gasteiger charge is 2.28. The Morgan fingerprint density at radius 1 is 1.27 bits per heavy atom. The highest BCUT2D eigenvalue weighted by Crippen LogP contribution is 2.42. The van der Waals surface area contributed by atoms with Gasteiger partial charge in [-0.25, -0.2) is 0 Å². The first-order valence-corrected chi connectivity index (χ1v) is 6.11. The van der Waals surface area contributed by atoms with E-state index in [-0.39, 0.29) is 5.41 Å². The van der Waals surface area contributed by atoms with Gasteiger partial charge in [-0.1, -0.05) is 44.0 Å². The summed E-state index contributed by atoms with van der Waals surface area (Å²) in [5.41, 5.74) is 0.286. The molecule has 0 saturated heterocycles. The lowest BCUT2D eigenvalue weighted by atomic mass is 9.85. The fourth-order valence-electron chi connectivity index (χ4n) is 1.23. The van der Waals surface area contributed by atoms with Crippen LogP contribution in [0.5, 0.6) is 0 Å². The summed E-state index contributed by atoms with van der Waals surface area (Å²) in [6.45, 7) is 5.81. The largest absolute Gasteiger partial charge is 0.388 e. The van der Waals surface area contributed by atoms with Crippen molar-refractivity contribution in [2.75, 3.05) is 0 Å². The smallest absolute Gasteiger partial charge is 0.0867 e. The van der Waals surface area contributed by atoms with Crippen molar-refractivity contribution in [1.82, 2.24) is 0 Å². The Morgan fingerprint density at radius 3 is 2.27 bits per heavy atom. The molecular formula is C11H13BrCl2O. The number of hydrogen-bond donors (Lipinski definition) is 1. The molecule has 0 aromatic heterocycles. The molecule has 1 unspecified atom stereocenters. The van der Waals surface area contributed by atoms with Crippen molar-refractivity contribution in [2.24, 2.45) is 5.41 Å². The van der Waals surface area contributed by atoms with E-state index in [1.54, 1.807) is 12.1 Å². The summed E-state index contributed by atoms with van der Waals surface area (Å²) in [7, 11) is 0. The van der Waals surface area contributed by atoms with Gasteiger partial charge in [-0.3, -0.25) is 0 Å². The van der Waals surface area contributed by atoms with Crippen LogP contribution >= 0.6 is 39.1 Å². The maximum Gasteiger partial charge on any atom is 0.0867 e. The number of benzene rings is 1. The molecule has 0 saturated carbocycles. The zero-order valence-electron chi connectivity index (χ0n) is 8.81. The zero-order chi connectivity index (χ0) is 11.8. The van der Waals surface area contributed by atoms with Crippen molar-refractivity contribution >= 4 is 39.1 Å². The number of aliphatic hydroxyl groups excluding tert-OH is 1. The van der Waals surface area contributed by atoms with Crippen LogP contribution in [0.3, 0.4) is 0 Å². The van der Waals surface area contributed by atoms with Crippen LogP contribution in [0.25, 0.3) is 0 Å². The van der Waals surface area contributed by atoms with Crippen molar-refractivity contribution in [3.8, 4) is 0 Å². The molecule has 0 aliphatic heterocycles. The quantitative estimate of drug-likeness (QED) is 0.736. The lowest BCUT2D eigenvalue weighted by molar-refractivity contribution is 0.0628. The fourth-order valence-corrected chi connectivity index (χ4v) is 2.15. The molecule has 0 spiro atoms. The molecule has 1 N–H and O–H groups in total. The Balaban J connectivity index is 3.31. The van der Waals surface area contributed by atoms with Crippen LogP contribution in [0.2, 0.25) is 10.0 Å². The van der Waals surface area contributed by atoms with Gasteiger partial charge in [0.25, 0.3) is 0 Å². The Kier molecular flexibility index (Phi) is 4.10. The summed E-state index contributed by atoms with van der Waals surface area (Å²) >= 11 is 15.5. The summed E-state index contributed by atoms with van der Waals surface area (Å²) in [6.07, 6.45) is -0.685. The monoisotopic (exact) mass is 310 g/mol. The van der Waals surface area contributed by atoms with Crippen LogP contribution in [0.1, 0.15) is 32.4 Å². The molecule has 1 rings (SSSR count). The predicted molar refractivity (Wildman–Crippen MR) is 68.6 cm³/mol. The first-order chi connectivity index (χ1) is 6.75. The molecule has 0 amide bonds. The van der Waals surface area contributed by atoms with E-state index < -0.39 is 6.10 Å². The maximum atomic E-state index is 10.2. The summed E-state index contributed by atoms with van der Waals surface area (Å²) in [6, 6.07) is 3.49. The molecular weight excluding hydrogens is 299 g/mol. The van der Waals surface area contributed by atoms with Gasteiger partial charge < -0.3 is 5.11 Å². The van der Waals surface area contributed by atoms with Crippen molar-refractivity contribution in [2.45, 2.75) is 26.9 Å². The molecule has 1 atom stereocenters. The summed E-state index contributed by atoms with van der Waals surface area (Å²) < 4.78 is 0.742. The third-order valence-corrected chi connectivity index (χ3v) is 3.80. The molecule has 1 aromatic carbocycles. The molecule has 15 heavy (non-hydrogen) atoms. The standard InChI is InChI=1S/C11H13BrCl2O/c1-11(2,3)10(15)8-7(13)5-4-6(12)9(8)14/h4-5,10,15H,1-3H3. The molecule has 0 fully saturated rings. The second-order valence-electron chi connectivity index (χ2n) is 4.53. The Morgan fingerprint density at radius 2 is 1.80 bits per heavy atom. The zero-order valence-corrected chi connectivity index (χ0v) is 11.9. The topological polar surface area (TPSA) is 20.2 Å². The minimum Gasteiger partial charge on any atom is -0.388 e. The van der Waals surface area contributed by atoms with E-state index >= 15 is 0 Å². The van der Waals surface area contributed by atoms with E-state index in [9.17, 15) is 5.11 Å². The van der Waals surface area contributed by atoms with E-state index in [0.29, 0.717) is 15.6 Å². The van der Waals surface area contributed by atoms with E-state index in [4.69, 9.17) is 23.2 Å². The third-order valence-electron chi connectivity index (χ3n) is 2.17. The van der Waals surface area contributed by atoms with E-state index in [2.05, 4.69) is 15.9 Å². The maximum absolute atomic E-state index is 10.2. The first kappa shape index (κ1) is 13.3. The first-order valence-electron chi connectivity index (χ1n) is 4.56.